The molecule has 4 rings (SSSR count). The number of furan rings is 1. The third-order valence-electron chi connectivity index (χ3n) is 4.33. The van der Waals surface area contributed by atoms with E-state index in [0.717, 1.165) is 6.07 Å². The van der Waals surface area contributed by atoms with Gasteiger partial charge >= 0.3 is 5.97 Å². The highest BCUT2D eigenvalue weighted by Crippen LogP contribution is 2.36. The number of hydrogen-bond acceptors (Lipinski definition) is 4. The molecule has 7 heteroatoms. The topological polar surface area (TPSA) is 68.5 Å². The molecule has 0 fully saturated rings. The van der Waals surface area contributed by atoms with Gasteiger partial charge in [-0.15, -0.1) is 0 Å². The van der Waals surface area contributed by atoms with Crippen LogP contribution in [-0.4, -0.2) is 19.0 Å². The van der Waals surface area contributed by atoms with Gasteiger partial charge < -0.3 is 14.5 Å². The van der Waals surface area contributed by atoms with E-state index in [1.165, 1.54) is 19.2 Å². The fraction of sp³-hybridized carbons (Fsp3) is 0.0476. The Labute approximate surface area is 164 Å². The summed E-state index contributed by atoms with van der Waals surface area (Å²) < 4.78 is 24.7. The number of anilines is 1. The van der Waals surface area contributed by atoms with Crippen LogP contribution >= 0.6 is 11.6 Å². The van der Waals surface area contributed by atoms with Gasteiger partial charge in [0.05, 0.1) is 23.8 Å². The molecule has 0 unspecified atom stereocenters. The van der Waals surface area contributed by atoms with Crippen LogP contribution in [0.15, 0.2) is 52.9 Å². The summed E-state index contributed by atoms with van der Waals surface area (Å²) in [6, 6.07) is 12.3. The molecule has 1 N–H and O–H groups in total. The molecule has 1 amide bonds. The van der Waals surface area contributed by atoms with Crippen LogP contribution < -0.4 is 5.32 Å². The average Bonchev–Trinajstić information content (AvgIpc) is 3.26. The van der Waals surface area contributed by atoms with Gasteiger partial charge in [0.2, 0.25) is 0 Å². The van der Waals surface area contributed by atoms with Crippen molar-refractivity contribution >= 4 is 40.8 Å². The maximum Gasteiger partial charge on any atom is 0.337 e. The van der Waals surface area contributed by atoms with Crippen molar-refractivity contribution in [3.8, 4) is 11.3 Å². The summed E-state index contributed by atoms with van der Waals surface area (Å²) >= 11 is 6.02. The molecule has 5 nitrogen and oxygen atoms in total. The van der Waals surface area contributed by atoms with Gasteiger partial charge in [-0.1, -0.05) is 11.6 Å². The number of ether oxygens (including phenoxy) is 1. The number of rotatable bonds is 3. The Bertz CT molecular complexity index is 1150. The Morgan fingerprint density at radius 2 is 1.96 bits per heavy atom. The first kappa shape index (κ1) is 18.0. The highest BCUT2D eigenvalue weighted by Gasteiger charge is 2.25. The van der Waals surface area contributed by atoms with Crippen LogP contribution in [0.2, 0.25) is 5.02 Å². The second-order valence-corrected chi connectivity index (χ2v) is 6.53. The van der Waals surface area contributed by atoms with Crippen LogP contribution in [-0.2, 0) is 9.53 Å². The molecule has 3 aromatic rings. The van der Waals surface area contributed by atoms with Gasteiger partial charge in [-0.25, -0.2) is 9.18 Å². The van der Waals surface area contributed by atoms with Crippen LogP contribution in [0.1, 0.15) is 21.7 Å². The Kier molecular flexibility index (Phi) is 4.49. The molecule has 0 atom stereocenters. The van der Waals surface area contributed by atoms with Crippen molar-refractivity contribution in [1.29, 1.82) is 0 Å². The fourth-order valence-corrected chi connectivity index (χ4v) is 3.15. The number of esters is 1. The number of fused-ring (bicyclic) bond motifs is 1. The van der Waals surface area contributed by atoms with Gasteiger partial charge in [0.25, 0.3) is 5.91 Å². The van der Waals surface area contributed by atoms with E-state index in [9.17, 15) is 14.0 Å². The molecule has 1 aromatic heterocycles. The predicted molar refractivity (Wildman–Crippen MR) is 103 cm³/mol. The number of carbonyl (C=O) groups excluding carboxylic acids is 2. The second kappa shape index (κ2) is 6.98. The summed E-state index contributed by atoms with van der Waals surface area (Å²) in [4.78, 5) is 23.7. The maximum absolute atomic E-state index is 14.4. The number of amides is 1. The monoisotopic (exact) mass is 397 g/mol. The minimum absolute atomic E-state index is 0.105. The Hall–Kier alpha value is -3.38. The first-order valence-corrected chi connectivity index (χ1v) is 8.65. The molecule has 28 heavy (non-hydrogen) atoms. The van der Waals surface area contributed by atoms with Gasteiger partial charge in [0.1, 0.15) is 17.3 Å². The summed E-state index contributed by atoms with van der Waals surface area (Å²) in [6.07, 6.45) is 1.57. The highest BCUT2D eigenvalue weighted by atomic mass is 35.5. The first-order valence-electron chi connectivity index (χ1n) is 8.27. The first-order chi connectivity index (χ1) is 13.5. The van der Waals surface area contributed by atoms with E-state index in [1.54, 1.807) is 36.4 Å². The molecule has 140 valence electrons. The molecule has 0 saturated heterocycles. The molecule has 0 aliphatic carbocycles. The molecule has 0 saturated carbocycles. The van der Waals surface area contributed by atoms with E-state index < -0.39 is 11.8 Å². The number of nitrogens with one attached hydrogen (secondary N) is 1. The van der Waals surface area contributed by atoms with E-state index in [4.69, 9.17) is 16.0 Å². The van der Waals surface area contributed by atoms with Gasteiger partial charge in [-0.2, -0.15) is 0 Å². The summed E-state index contributed by atoms with van der Waals surface area (Å²) in [5, 5.41) is 3.26. The molecule has 0 bridgehead atoms. The van der Waals surface area contributed by atoms with Crippen molar-refractivity contribution in [2.75, 3.05) is 12.4 Å². The summed E-state index contributed by atoms with van der Waals surface area (Å²) in [5.74, 6) is -0.870. The Balaban J connectivity index is 1.68. The van der Waals surface area contributed by atoms with E-state index in [1.807, 2.05) is 0 Å². The SMILES string of the molecule is COC(=O)c1ccc(-c2ccc(C=C3C(=O)Nc4ccc(Cl)cc43)o2)c(F)c1. The second-order valence-electron chi connectivity index (χ2n) is 6.09. The number of hydrogen-bond donors (Lipinski definition) is 1. The summed E-state index contributed by atoms with van der Waals surface area (Å²) in [5.41, 5.74) is 2.03. The van der Waals surface area contributed by atoms with Crippen molar-refractivity contribution in [3.63, 3.8) is 0 Å². The quantitative estimate of drug-likeness (QED) is 0.497. The van der Waals surface area contributed by atoms with Crippen molar-refractivity contribution in [1.82, 2.24) is 0 Å². The molecule has 2 heterocycles. The van der Waals surface area contributed by atoms with Crippen molar-refractivity contribution in [2.24, 2.45) is 0 Å². The standard InChI is InChI=1S/C21H13ClFNO4/c1-27-21(26)11-2-5-14(17(23)8-11)19-7-4-13(28-19)10-16-15-9-12(22)3-6-18(15)24-20(16)25/h2-10H,1H3,(H,24,25). The largest absolute Gasteiger partial charge is 0.465 e. The van der Waals surface area contributed by atoms with E-state index in [-0.39, 0.29) is 22.8 Å². The normalized spacial score (nSPS) is 14.1. The average molecular weight is 398 g/mol. The van der Waals surface area contributed by atoms with E-state index in [2.05, 4.69) is 10.1 Å². The molecule has 1 aliphatic heterocycles. The Morgan fingerprint density at radius 1 is 1.14 bits per heavy atom. The lowest BCUT2D eigenvalue weighted by atomic mass is 10.1. The minimum atomic E-state index is -0.625. The van der Waals surface area contributed by atoms with Gasteiger partial charge in [0.15, 0.2) is 0 Å². The summed E-state index contributed by atoms with van der Waals surface area (Å²) in [7, 11) is 1.23. The molecular formula is C21H13ClFNO4. The van der Waals surface area contributed by atoms with Crippen molar-refractivity contribution < 1.29 is 23.1 Å². The lowest BCUT2D eigenvalue weighted by Crippen LogP contribution is -2.03. The van der Waals surface area contributed by atoms with Crippen LogP contribution in [0.4, 0.5) is 10.1 Å². The molecular weight excluding hydrogens is 385 g/mol. The van der Waals surface area contributed by atoms with Gasteiger partial charge in [-0.3, -0.25) is 4.79 Å². The lowest BCUT2D eigenvalue weighted by Gasteiger charge is -2.03. The number of methoxy groups -OCH3 is 1. The lowest BCUT2D eigenvalue weighted by molar-refractivity contribution is -0.110. The number of benzene rings is 2. The molecule has 2 aromatic carbocycles. The fourth-order valence-electron chi connectivity index (χ4n) is 2.98. The Morgan fingerprint density at radius 3 is 2.71 bits per heavy atom. The van der Waals surface area contributed by atoms with Crippen LogP contribution in [0, 0.1) is 5.82 Å². The zero-order valence-electron chi connectivity index (χ0n) is 14.6. The van der Waals surface area contributed by atoms with Crippen molar-refractivity contribution in [2.45, 2.75) is 0 Å². The minimum Gasteiger partial charge on any atom is -0.465 e. The van der Waals surface area contributed by atoms with Crippen LogP contribution in [0.3, 0.4) is 0 Å². The third-order valence-corrected chi connectivity index (χ3v) is 4.57. The molecule has 1 aliphatic rings. The smallest absolute Gasteiger partial charge is 0.337 e. The summed E-state index contributed by atoms with van der Waals surface area (Å²) in [6.45, 7) is 0. The molecule has 0 spiro atoms. The number of carbonyl (C=O) groups is 2. The number of halogens is 2. The highest BCUT2D eigenvalue weighted by molar-refractivity contribution is 6.36. The van der Waals surface area contributed by atoms with Gasteiger partial charge in [-0.05, 0) is 54.6 Å². The van der Waals surface area contributed by atoms with E-state index in [0.29, 0.717) is 27.6 Å². The van der Waals surface area contributed by atoms with Crippen molar-refractivity contribution in [3.05, 3.63) is 76.3 Å². The predicted octanol–water partition coefficient (Wildman–Crippen LogP) is 5.02. The maximum atomic E-state index is 14.4. The third kappa shape index (κ3) is 3.18. The zero-order chi connectivity index (χ0) is 19.8. The van der Waals surface area contributed by atoms with E-state index >= 15 is 0 Å². The van der Waals surface area contributed by atoms with Gasteiger partial charge in [0, 0.05) is 16.3 Å². The van der Waals surface area contributed by atoms with Crippen LogP contribution in [0.5, 0.6) is 0 Å². The molecule has 0 radical (unpaired) electrons. The van der Waals surface area contributed by atoms with Crippen LogP contribution in [0.25, 0.3) is 23.0 Å². The zero-order valence-corrected chi connectivity index (χ0v) is 15.3.